The molecule has 2 amide bonds. The number of amides is 2. The molecule has 3 aromatic carbocycles. The van der Waals surface area contributed by atoms with Gasteiger partial charge in [-0.2, -0.15) is 0 Å². The van der Waals surface area contributed by atoms with Crippen molar-refractivity contribution < 1.29 is 9.59 Å². The van der Waals surface area contributed by atoms with Crippen LogP contribution in [0.2, 0.25) is 0 Å². The maximum Gasteiger partial charge on any atom is 0.255 e. The molecule has 0 aliphatic rings. The number of aryl methyl sites for hydroxylation is 3. The maximum atomic E-state index is 12.4. The van der Waals surface area contributed by atoms with E-state index in [1.165, 1.54) is 11.8 Å². The molecule has 0 unspecified atom stereocenters. The van der Waals surface area contributed by atoms with Crippen molar-refractivity contribution in [1.82, 2.24) is 0 Å². The SMILES string of the molecule is CCc1cccc(C)c1NC(=O)CSc1ccc(NC(=O)c2ccccc2C)cc1. The molecule has 0 fully saturated rings. The molecule has 5 heteroatoms. The number of carbonyl (C=O) groups excluding carboxylic acids is 2. The van der Waals surface area contributed by atoms with E-state index in [0.717, 1.165) is 39.4 Å². The second-order valence-electron chi connectivity index (χ2n) is 7.09. The summed E-state index contributed by atoms with van der Waals surface area (Å²) in [6.45, 7) is 6.00. The molecule has 4 nitrogen and oxygen atoms in total. The Hall–Kier alpha value is -3.05. The number of carbonyl (C=O) groups is 2. The highest BCUT2D eigenvalue weighted by molar-refractivity contribution is 8.00. The molecular weight excluding hydrogens is 392 g/mol. The Labute approximate surface area is 182 Å². The van der Waals surface area contributed by atoms with Crippen molar-refractivity contribution in [3.8, 4) is 0 Å². The molecule has 0 aliphatic heterocycles. The van der Waals surface area contributed by atoms with Gasteiger partial charge in [0.25, 0.3) is 5.91 Å². The van der Waals surface area contributed by atoms with E-state index in [1.807, 2.05) is 80.6 Å². The predicted molar refractivity (Wildman–Crippen MR) is 125 cm³/mol. The molecule has 0 bridgehead atoms. The molecule has 30 heavy (non-hydrogen) atoms. The van der Waals surface area contributed by atoms with Crippen LogP contribution in [0.15, 0.2) is 71.6 Å². The van der Waals surface area contributed by atoms with Crippen LogP contribution in [0, 0.1) is 13.8 Å². The summed E-state index contributed by atoms with van der Waals surface area (Å²) in [6.07, 6.45) is 0.875. The minimum absolute atomic E-state index is 0.0269. The minimum Gasteiger partial charge on any atom is -0.325 e. The standard InChI is InChI=1S/C25H26N2O2S/c1-4-19-10-7-9-18(3)24(19)27-23(28)16-30-21-14-12-20(13-15-21)26-25(29)22-11-6-5-8-17(22)2/h5-15H,4,16H2,1-3H3,(H,26,29)(H,27,28). The summed E-state index contributed by atoms with van der Waals surface area (Å²) in [5, 5.41) is 5.96. The fraction of sp³-hybridized carbons (Fsp3) is 0.200. The Kier molecular flexibility index (Phi) is 7.31. The van der Waals surface area contributed by atoms with Gasteiger partial charge in [0.15, 0.2) is 0 Å². The van der Waals surface area contributed by atoms with Gasteiger partial charge in [-0.3, -0.25) is 9.59 Å². The fourth-order valence-electron chi connectivity index (χ4n) is 3.19. The summed E-state index contributed by atoms with van der Waals surface area (Å²) >= 11 is 1.47. The monoisotopic (exact) mass is 418 g/mol. The Morgan fingerprint density at radius 2 is 1.53 bits per heavy atom. The lowest BCUT2D eigenvalue weighted by Gasteiger charge is -2.13. The summed E-state index contributed by atoms with van der Waals surface area (Å²) in [7, 11) is 0. The van der Waals surface area contributed by atoms with Crippen molar-refractivity contribution in [3.05, 3.63) is 89.0 Å². The second-order valence-corrected chi connectivity index (χ2v) is 8.14. The van der Waals surface area contributed by atoms with Crippen molar-refractivity contribution in [1.29, 1.82) is 0 Å². The largest absolute Gasteiger partial charge is 0.325 e. The average Bonchev–Trinajstić information content (AvgIpc) is 2.75. The van der Waals surface area contributed by atoms with Crippen molar-refractivity contribution in [2.24, 2.45) is 0 Å². The highest BCUT2D eigenvalue weighted by Crippen LogP contribution is 2.24. The van der Waals surface area contributed by atoms with Crippen LogP contribution in [0.1, 0.15) is 34.0 Å². The molecule has 154 valence electrons. The molecular formula is C25H26N2O2S. The average molecular weight is 419 g/mol. The smallest absolute Gasteiger partial charge is 0.255 e. The quantitative estimate of drug-likeness (QED) is 0.473. The van der Waals surface area contributed by atoms with Crippen molar-refractivity contribution >= 4 is 35.0 Å². The van der Waals surface area contributed by atoms with Crippen molar-refractivity contribution in [2.75, 3.05) is 16.4 Å². The third kappa shape index (κ3) is 5.51. The molecule has 0 heterocycles. The first-order valence-corrected chi connectivity index (χ1v) is 10.9. The summed E-state index contributed by atoms with van der Waals surface area (Å²) in [4.78, 5) is 25.8. The van der Waals surface area contributed by atoms with Crippen molar-refractivity contribution in [3.63, 3.8) is 0 Å². The van der Waals surface area contributed by atoms with Crippen LogP contribution in [-0.2, 0) is 11.2 Å². The van der Waals surface area contributed by atoms with Crippen LogP contribution in [0.4, 0.5) is 11.4 Å². The van der Waals surface area contributed by atoms with Gasteiger partial charge in [-0.05, 0) is 67.3 Å². The van der Waals surface area contributed by atoms with Gasteiger partial charge in [0.1, 0.15) is 0 Å². The van der Waals surface area contributed by atoms with Gasteiger partial charge in [0.2, 0.25) is 5.91 Å². The Bertz CT molecular complexity index is 1050. The summed E-state index contributed by atoms with van der Waals surface area (Å²) in [5.41, 5.74) is 5.45. The highest BCUT2D eigenvalue weighted by Gasteiger charge is 2.10. The molecule has 0 radical (unpaired) electrons. The van der Waals surface area contributed by atoms with Crippen LogP contribution in [0.3, 0.4) is 0 Å². The molecule has 0 saturated carbocycles. The summed E-state index contributed by atoms with van der Waals surface area (Å²) < 4.78 is 0. The van der Waals surface area contributed by atoms with Gasteiger partial charge >= 0.3 is 0 Å². The maximum absolute atomic E-state index is 12.4. The van der Waals surface area contributed by atoms with E-state index in [0.29, 0.717) is 11.3 Å². The fourth-order valence-corrected chi connectivity index (χ4v) is 3.89. The van der Waals surface area contributed by atoms with Crippen LogP contribution in [0.5, 0.6) is 0 Å². The van der Waals surface area contributed by atoms with E-state index < -0.39 is 0 Å². The van der Waals surface area contributed by atoms with E-state index in [1.54, 1.807) is 0 Å². The van der Waals surface area contributed by atoms with Gasteiger partial charge < -0.3 is 10.6 Å². The van der Waals surface area contributed by atoms with Gasteiger partial charge in [0, 0.05) is 21.8 Å². The lowest BCUT2D eigenvalue weighted by Crippen LogP contribution is -2.16. The van der Waals surface area contributed by atoms with Crippen molar-refractivity contribution in [2.45, 2.75) is 32.1 Å². The number of nitrogens with one attached hydrogen (secondary N) is 2. The topological polar surface area (TPSA) is 58.2 Å². The Balaban J connectivity index is 1.55. The lowest BCUT2D eigenvalue weighted by molar-refractivity contribution is -0.113. The molecule has 0 atom stereocenters. The number of para-hydroxylation sites is 1. The first-order valence-electron chi connectivity index (χ1n) is 9.96. The zero-order valence-corrected chi connectivity index (χ0v) is 18.3. The lowest BCUT2D eigenvalue weighted by atomic mass is 10.1. The molecule has 0 spiro atoms. The van der Waals surface area contributed by atoms with Crippen LogP contribution in [0.25, 0.3) is 0 Å². The van der Waals surface area contributed by atoms with E-state index >= 15 is 0 Å². The number of hydrogen-bond donors (Lipinski definition) is 2. The summed E-state index contributed by atoms with van der Waals surface area (Å²) in [5.74, 6) is 0.172. The summed E-state index contributed by atoms with van der Waals surface area (Å²) in [6, 6.07) is 21.1. The molecule has 3 rings (SSSR count). The van der Waals surface area contributed by atoms with E-state index in [9.17, 15) is 9.59 Å². The molecule has 3 aromatic rings. The van der Waals surface area contributed by atoms with E-state index in [4.69, 9.17) is 0 Å². The Morgan fingerprint density at radius 1 is 0.833 bits per heavy atom. The number of hydrogen-bond acceptors (Lipinski definition) is 3. The molecule has 0 saturated heterocycles. The third-order valence-electron chi connectivity index (χ3n) is 4.88. The van der Waals surface area contributed by atoms with Gasteiger partial charge in [-0.15, -0.1) is 11.8 Å². The first kappa shape index (κ1) is 21.7. The molecule has 0 aliphatic carbocycles. The number of benzene rings is 3. The van der Waals surface area contributed by atoms with E-state index in [-0.39, 0.29) is 11.8 Å². The normalized spacial score (nSPS) is 10.5. The zero-order chi connectivity index (χ0) is 21.5. The van der Waals surface area contributed by atoms with Crippen LogP contribution in [-0.4, -0.2) is 17.6 Å². The first-order chi connectivity index (χ1) is 14.5. The van der Waals surface area contributed by atoms with Crippen LogP contribution < -0.4 is 10.6 Å². The highest BCUT2D eigenvalue weighted by atomic mass is 32.2. The second kappa shape index (κ2) is 10.1. The molecule has 2 N–H and O–H groups in total. The molecule has 0 aromatic heterocycles. The van der Waals surface area contributed by atoms with Gasteiger partial charge in [-0.1, -0.05) is 43.3 Å². The van der Waals surface area contributed by atoms with E-state index in [2.05, 4.69) is 17.6 Å². The Morgan fingerprint density at radius 3 is 2.23 bits per heavy atom. The number of anilines is 2. The van der Waals surface area contributed by atoms with Gasteiger partial charge in [0.05, 0.1) is 5.75 Å². The third-order valence-corrected chi connectivity index (χ3v) is 5.89. The number of rotatable bonds is 7. The predicted octanol–water partition coefficient (Wildman–Crippen LogP) is 5.85. The van der Waals surface area contributed by atoms with Gasteiger partial charge in [-0.25, -0.2) is 0 Å². The minimum atomic E-state index is -0.127. The number of thioether (sulfide) groups is 1. The zero-order valence-electron chi connectivity index (χ0n) is 17.5. The van der Waals surface area contributed by atoms with Crippen LogP contribution >= 0.6 is 11.8 Å².